The van der Waals surface area contributed by atoms with Gasteiger partial charge in [-0.3, -0.25) is 5.10 Å². The Hall–Kier alpha value is -2.69. The van der Waals surface area contributed by atoms with Gasteiger partial charge in [0.15, 0.2) is 0 Å². The van der Waals surface area contributed by atoms with Crippen molar-refractivity contribution >= 4 is 10.9 Å². The van der Waals surface area contributed by atoms with Crippen LogP contribution >= 0.6 is 0 Å². The molecule has 1 fully saturated rings. The van der Waals surface area contributed by atoms with E-state index in [1.54, 1.807) is 7.11 Å². The number of hydrogen-bond donors (Lipinski definition) is 5. The first-order chi connectivity index (χ1) is 17.4. The molecule has 1 aliphatic carbocycles. The average Bonchev–Trinajstić information content (AvgIpc) is 3.30. The lowest BCUT2D eigenvalue weighted by molar-refractivity contribution is -0.277. The Labute approximate surface area is 209 Å². The standard InChI is InChI=1S/C27H34N2O7/c1-14-9-20-23(21(10-14)35-27-26(33)25(32)24(31)22(13-30)36-27)19(28-29-20)8-4-15-3-5-17-12-18(34-2)7-6-16(17)11-15/h6-7,9-10,12,15,22,24-27,30-33H,3-5,8,11,13H2,1-2H3,(H,28,29). The number of aryl methyl sites for hydroxylation is 3. The predicted octanol–water partition coefficient (Wildman–Crippen LogP) is 1.80. The summed E-state index contributed by atoms with van der Waals surface area (Å²) in [5, 5.41) is 48.6. The molecule has 194 valence electrons. The molecule has 0 bridgehead atoms. The largest absolute Gasteiger partial charge is 0.497 e. The zero-order valence-corrected chi connectivity index (χ0v) is 20.6. The van der Waals surface area contributed by atoms with Crippen LogP contribution in [0.15, 0.2) is 30.3 Å². The summed E-state index contributed by atoms with van der Waals surface area (Å²) in [4.78, 5) is 0. The molecule has 9 nitrogen and oxygen atoms in total. The second-order valence-corrected chi connectivity index (χ2v) is 9.96. The molecule has 0 amide bonds. The van der Waals surface area contributed by atoms with E-state index in [1.165, 1.54) is 11.1 Å². The summed E-state index contributed by atoms with van der Waals surface area (Å²) in [5.74, 6) is 1.92. The molecule has 2 aliphatic rings. The molecular weight excluding hydrogens is 464 g/mol. The first-order valence-electron chi connectivity index (χ1n) is 12.5. The van der Waals surface area contributed by atoms with Crippen LogP contribution in [-0.2, 0) is 24.0 Å². The van der Waals surface area contributed by atoms with Crippen molar-refractivity contribution < 1.29 is 34.6 Å². The number of hydrogen-bond acceptors (Lipinski definition) is 8. The number of nitrogens with zero attached hydrogens (tertiary/aromatic N) is 1. The number of fused-ring (bicyclic) bond motifs is 2. The van der Waals surface area contributed by atoms with E-state index in [9.17, 15) is 20.4 Å². The maximum absolute atomic E-state index is 10.5. The molecule has 9 heteroatoms. The Morgan fingerprint density at radius 2 is 1.92 bits per heavy atom. The van der Waals surface area contributed by atoms with Gasteiger partial charge in [0, 0.05) is 5.69 Å². The maximum Gasteiger partial charge on any atom is 0.229 e. The number of ether oxygens (including phenoxy) is 3. The van der Waals surface area contributed by atoms with Gasteiger partial charge in [0.25, 0.3) is 0 Å². The Morgan fingerprint density at radius 1 is 1.08 bits per heavy atom. The zero-order valence-electron chi connectivity index (χ0n) is 20.6. The van der Waals surface area contributed by atoms with Crippen molar-refractivity contribution in [3.63, 3.8) is 0 Å². The minimum absolute atomic E-state index is 0.471. The molecular formula is C27H34N2O7. The van der Waals surface area contributed by atoms with Gasteiger partial charge in [0.2, 0.25) is 6.29 Å². The number of aromatic amines is 1. The molecule has 5 N–H and O–H groups in total. The molecule has 2 aromatic carbocycles. The molecule has 6 atom stereocenters. The Balaban J connectivity index is 1.33. The van der Waals surface area contributed by atoms with Crippen molar-refractivity contribution in [2.75, 3.05) is 13.7 Å². The van der Waals surface area contributed by atoms with E-state index in [2.05, 4.69) is 22.3 Å². The van der Waals surface area contributed by atoms with Crippen molar-refractivity contribution in [2.24, 2.45) is 5.92 Å². The minimum atomic E-state index is -1.50. The Kier molecular flexibility index (Phi) is 7.18. The smallest absolute Gasteiger partial charge is 0.229 e. The SMILES string of the molecule is COc1ccc2c(c1)CCC(CCc1[nH]nc3cc(C)cc(OC4OC(CO)C(O)C(O)C4O)c13)C2. The molecule has 3 aromatic rings. The third-order valence-electron chi connectivity index (χ3n) is 7.48. The fourth-order valence-electron chi connectivity index (χ4n) is 5.40. The molecule has 1 aromatic heterocycles. The fourth-order valence-corrected chi connectivity index (χ4v) is 5.40. The summed E-state index contributed by atoms with van der Waals surface area (Å²) >= 11 is 0. The van der Waals surface area contributed by atoms with Crippen LogP contribution in [0, 0.1) is 12.8 Å². The second-order valence-electron chi connectivity index (χ2n) is 9.96. The highest BCUT2D eigenvalue weighted by molar-refractivity contribution is 5.88. The number of H-pyrrole nitrogens is 1. The van der Waals surface area contributed by atoms with Gasteiger partial charge >= 0.3 is 0 Å². The molecule has 1 saturated heterocycles. The lowest BCUT2D eigenvalue weighted by Gasteiger charge is -2.39. The number of rotatable bonds is 7. The lowest BCUT2D eigenvalue weighted by Crippen LogP contribution is -2.60. The predicted molar refractivity (Wildman–Crippen MR) is 132 cm³/mol. The van der Waals surface area contributed by atoms with E-state index >= 15 is 0 Å². The van der Waals surface area contributed by atoms with Gasteiger partial charge in [-0.05, 0) is 85.9 Å². The quantitative estimate of drug-likeness (QED) is 0.333. The maximum atomic E-state index is 10.5. The highest BCUT2D eigenvalue weighted by atomic mass is 16.7. The molecule has 6 unspecified atom stereocenters. The number of aliphatic hydroxyl groups is 4. The van der Waals surface area contributed by atoms with Gasteiger partial charge in [-0.2, -0.15) is 5.10 Å². The van der Waals surface area contributed by atoms with Gasteiger partial charge in [-0.15, -0.1) is 0 Å². The lowest BCUT2D eigenvalue weighted by atomic mass is 9.81. The molecule has 2 heterocycles. The van der Waals surface area contributed by atoms with Crippen molar-refractivity contribution in [3.05, 3.63) is 52.7 Å². The van der Waals surface area contributed by atoms with Crippen LogP contribution in [0.2, 0.25) is 0 Å². The number of methoxy groups -OCH3 is 1. The van der Waals surface area contributed by atoms with Crippen LogP contribution in [0.1, 0.15) is 35.2 Å². The fraction of sp³-hybridized carbons (Fsp3) is 0.519. The van der Waals surface area contributed by atoms with Crippen LogP contribution < -0.4 is 9.47 Å². The third-order valence-corrected chi connectivity index (χ3v) is 7.48. The van der Waals surface area contributed by atoms with Gasteiger partial charge in [0.05, 0.1) is 24.6 Å². The number of aromatic nitrogens is 2. The Morgan fingerprint density at radius 3 is 2.69 bits per heavy atom. The van der Waals surface area contributed by atoms with E-state index in [-0.39, 0.29) is 0 Å². The molecule has 0 saturated carbocycles. The normalized spacial score (nSPS) is 28.2. The molecule has 1 aliphatic heterocycles. The van der Waals surface area contributed by atoms with E-state index in [4.69, 9.17) is 14.2 Å². The van der Waals surface area contributed by atoms with Gasteiger partial charge < -0.3 is 34.6 Å². The number of nitrogens with one attached hydrogen (secondary N) is 1. The first kappa shape index (κ1) is 25.0. The van der Waals surface area contributed by atoms with Crippen molar-refractivity contribution in [1.82, 2.24) is 10.2 Å². The van der Waals surface area contributed by atoms with Gasteiger partial charge in [-0.1, -0.05) is 6.07 Å². The minimum Gasteiger partial charge on any atom is -0.497 e. The second kappa shape index (κ2) is 10.4. The topological polar surface area (TPSA) is 137 Å². The third kappa shape index (κ3) is 4.81. The number of benzene rings is 2. The van der Waals surface area contributed by atoms with E-state index in [0.29, 0.717) is 11.7 Å². The van der Waals surface area contributed by atoms with Crippen LogP contribution in [0.4, 0.5) is 0 Å². The summed E-state index contributed by atoms with van der Waals surface area (Å²) in [7, 11) is 1.69. The van der Waals surface area contributed by atoms with E-state index < -0.39 is 37.3 Å². The monoisotopic (exact) mass is 498 g/mol. The summed E-state index contributed by atoms with van der Waals surface area (Å²) in [6.45, 7) is 1.41. The van der Waals surface area contributed by atoms with E-state index in [1.807, 2.05) is 25.1 Å². The average molecular weight is 499 g/mol. The first-order valence-corrected chi connectivity index (χ1v) is 12.5. The van der Waals surface area contributed by atoms with Crippen LogP contribution in [-0.4, -0.2) is 75.0 Å². The molecule has 0 radical (unpaired) electrons. The zero-order chi connectivity index (χ0) is 25.4. The van der Waals surface area contributed by atoms with Gasteiger partial charge in [-0.25, -0.2) is 0 Å². The van der Waals surface area contributed by atoms with Crippen LogP contribution in [0.3, 0.4) is 0 Å². The van der Waals surface area contributed by atoms with Gasteiger partial charge in [0.1, 0.15) is 35.9 Å². The highest BCUT2D eigenvalue weighted by Crippen LogP contribution is 2.35. The van der Waals surface area contributed by atoms with Crippen LogP contribution in [0.25, 0.3) is 10.9 Å². The van der Waals surface area contributed by atoms with Crippen molar-refractivity contribution in [1.29, 1.82) is 0 Å². The van der Waals surface area contributed by atoms with Crippen molar-refractivity contribution in [2.45, 2.75) is 69.7 Å². The molecule has 5 rings (SSSR count). The Bertz CT molecular complexity index is 1210. The summed E-state index contributed by atoms with van der Waals surface area (Å²) < 4.78 is 17.0. The summed E-state index contributed by atoms with van der Waals surface area (Å²) in [6, 6.07) is 10.1. The molecule has 0 spiro atoms. The number of aliphatic hydroxyl groups excluding tert-OH is 4. The van der Waals surface area contributed by atoms with E-state index in [0.717, 1.165) is 60.0 Å². The molecule has 36 heavy (non-hydrogen) atoms. The summed E-state index contributed by atoms with van der Waals surface area (Å²) in [6.07, 6.45) is -1.77. The van der Waals surface area contributed by atoms with Crippen molar-refractivity contribution in [3.8, 4) is 11.5 Å². The van der Waals surface area contributed by atoms with Crippen LogP contribution in [0.5, 0.6) is 11.5 Å². The highest BCUT2D eigenvalue weighted by Gasteiger charge is 2.45. The summed E-state index contributed by atoms with van der Waals surface area (Å²) in [5.41, 5.74) is 5.34.